The normalized spacial score (nSPS) is 16.3. The first-order valence-corrected chi connectivity index (χ1v) is 8.26. The van der Waals surface area contributed by atoms with Crippen molar-refractivity contribution >= 4 is 11.6 Å². The molecule has 2 aliphatic heterocycles. The van der Waals surface area contributed by atoms with Crippen molar-refractivity contribution in [1.82, 2.24) is 10.6 Å². The Morgan fingerprint density at radius 1 is 1.09 bits per heavy atom. The highest BCUT2D eigenvalue weighted by Gasteiger charge is 2.17. The Morgan fingerprint density at radius 3 is 2.61 bits per heavy atom. The van der Waals surface area contributed by atoms with Crippen molar-refractivity contribution in [2.45, 2.75) is 6.42 Å². The topological polar surface area (TPSA) is 53.2 Å². The number of carbonyl (C=O) groups is 1. The second-order valence-corrected chi connectivity index (χ2v) is 6.36. The van der Waals surface area contributed by atoms with Gasteiger partial charge in [-0.15, -0.1) is 0 Å². The SMILES string of the molecule is O=C(NCC1CNC1)c1ccc(-c2ccc3c(c2)CCN3)cc1. The molecule has 2 aromatic rings. The highest BCUT2D eigenvalue weighted by Crippen LogP contribution is 2.28. The lowest BCUT2D eigenvalue weighted by Crippen LogP contribution is -2.48. The number of carbonyl (C=O) groups excluding carboxylic acids is 1. The number of hydrogen-bond donors (Lipinski definition) is 3. The minimum Gasteiger partial charge on any atom is -0.384 e. The zero-order valence-electron chi connectivity index (χ0n) is 13.1. The van der Waals surface area contributed by atoms with Crippen LogP contribution in [-0.4, -0.2) is 32.1 Å². The molecular weight excluding hydrogens is 286 g/mol. The zero-order chi connectivity index (χ0) is 15.6. The Kier molecular flexibility index (Phi) is 3.75. The molecular formula is C19H21N3O. The predicted molar refractivity (Wildman–Crippen MR) is 92.8 cm³/mol. The number of hydrogen-bond acceptors (Lipinski definition) is 3. The molecule has 23 heavy (non-hydrogen) atoms. The van der Waals surface area contributed by atoms with Crippen LogP contribution in [0.4, 0.5) is 5.69 Å². The first kappa shape index (κ1) is 14.3. The summed E-state index contributed by atoms with van der Waals surface area (Å²) in [6.45, 7) is 3.79. The number of amides is 1. The third kappa shape index (κ3) is 2.94. The van der Waals surface area contributed by atoms with E-state index in [1.54, 1.807) is 0 Å². The summed E-state index contributed by atoms with van der Waals surface area (Å²) < 4.78 is 0. The third-order valence-corrected chi connectivity index (χ3v) is 4.71. The number of benzene rings is 2. The lowest BCUT2D eigenvalue weighted by atomic mass is 10.00. The lowest BCUT2D eigenvalue weighted by molar-refractivity contribution is 0.0942. The molecule has 2 aromatic carbocycles. The van der Waals surface area contributed by atoms with Crippen LogP contribution in [0.2, 0.25) is 0 Å². The summed E-state index contributed by atoms with van der Waals surface area (Å²) in [7, 11) is 0. The van der Waals surface area contributed by atoms with E-state index in [1.165, 1.54) is 16.8 Å². The molecule has 2 heterocycles. The van der Waals surface area contributed by atoms with Crippen molar-refractivity contribution in [1.29, 1.82) is 0 Å². The van der Waals surface area contributed by atoms with Crippen LogP contribution >= 0.6 is 0 Å². The molecule has 0 atom stereocenters. The predicted octanol–water partition coefficient (Wildman–Crippen LogP) is 2.27. The molecule has 0 unspecified atom stereocenters. The Hall–Kier alpha value is -2.33. The Morgan fingerprint density at radius 2 is 1.87 bits per heavy atom. The van der Waals surface area contributed by atoms with Gasteiger partial charge >= 0.3 is 0 Å². The van der Waals surface area contributed by atoms with E-state index >= 15 is 0 Å². The largest absolute Gasteiger partial charge is 0.384 e. The average molecular weight is 307 g/mol. The van der Waals surface area contributed by atoms with E-state index in [-0.39, 0.29) is 5.91 Å². The molecule has 0 saturated carbocycles. The van der Waals surface area contributed by atoms with Crippen molar-refractivity contribution in [3.05, 3.63) is 53.6 Å². The van der Waals surface area contributed by atoms with Crippen molar-refractivity contribution in [3.8, 4) is 11.1 Å². The van der Waals surface area contributed by atoms with Crippen LogP contribution in [0.1, 0.15) is 15.9 Å². The molecule has 1 saturated heterocycles. The molecule has 0 radical (unpaired) electrons. The highest BCUT2D eigenvalue weighted by atomic mass is 16.1. The molecule has 0 aromatic heterocycles. The number of fused-ring (bicyclic) bond motifs is 1. The number of rotatable bonds is 4. The average Bonchev–Trinajstić information content (AvgIpc) is 3.01. The van der Waals surface area contributed by atoms with Gasteiger partial charge in [-0.1, -0.05) is 18.2 Å². The molecule has 1 amide bonds. The first-order chi connectivity index (χ1) is 11.3. The lowest BCUT2D eigenvalue weighted by Gasteiger charge is -2.27. The first-order valence-electron chi connectivity index (χ1n) is 8.26. The summed E-state index contributed by atoms with van der Waals surface area (Å²) in [4.78, 5) is 12.2. The summed E-state index contributed by atoms with van der Waals surface area (Å²) in [5, 5.41) is 9.60. The van der Waals surface area contributed by atoms with Gasteiger partial charge in [-0.3, -0.25) is 4.79 Å². The molecule has 1 fully saturated rings. The molecule has 0 bridgehead atoms. The molecule has 118 valence electrons. The van der Waals surface area contributed by atoms with Crippen LogP contribution in [0, 0.1) is 5.92 Å². The third-order valence-electron chi connectivity index (χ3n) is 4.71. The van der Waals surface area contributed by atoms with E-state index in [9.17, 15) is 4.79 Å². The number of anilines is 1. The van der Waals surface area contributed by atoms with E-state index in [0.717, 1.165) is 43.7 Å². The van der Waals surface area contributed by atoms with Crippen LogP contribution in [0.25, 0.3) is 11.1 Å². The molecule has 3 N–H and O–H groups in total. The monoisotopic (exact) mass is 307 g/mol. The van der Waals surface area contributed by atoms with Crippen molar-refractivity contribution in [2.75, 3.05) is 31.5 Å². The van der Waals surface area contributed by atoms with Gasteiger partial charge in [0.1, 0.15) is 0 Å². The van der Waals surface area contributed by atoms with Gasteiger partial charge in [-0.05, 0) is 47.4 Å². The van der Waals surface area contributed by atoms with Gasteiger partial charge in [0.25, 0.3) is 5.91 Å². The van der Waals surface area contributed by atoms with Gasteiger partial charge in [0.15, 0.2) is 0 Å². The standard InChI is InChI=1S/C19H21N3O/c23-19(22-12-13-10-20-11-13)15-3-1-14(2-4-15)16-5-6-18-17(9-16)7-8-21-18/h1-6,9,13,20-21H,7-8,10-12H2,(H,22,23). The zero-order valence-corrected chi connectivity index (χ0v) is 13.1. The van der Waals surface area contributed by atoms with Crippen molar-refractivity contribution < 1.29 is 4.79 Å². The smallest absolute Gasteiger partial charge is 0.251 e. The van der Waals surface area contributed by atoms with Crippen LogP contribution in [-0.2, 0) is 6.42 Å². The molecule has 4 heteroatoms. The number of nitrogens with one attached hydrogen (secondary N) is 3. The van der Waals surface area contributed by atoms with Gasteiger partial charge in [0, 0.05) is 43.3 Å². The van der Waals surface area contributed by atoms with Gasteiger partial charge in [0.2, 0.25) is 0 Å². The van der Waals surface area contributed by atoms with E-state index in [1.807, 2.05) is 24.3 Å². The van der Waals surface area contributed by atoms with Crippen molar-refractivity contribution in [2.24, 2.45) is 5.92 Å². The maximum absolute atomic E-state index is 12.2. The van der Waals surface area contributed by atoms with Gasteiger partial charge < -0.3 is 16.0 Å². The second kappa shape index (κ2) is 6.05. The van der Waals surface area contributed by atoms with E-state index < -0.39 is 0 Å². The summed E-state index contributed by atoms with van der Waals surface area (Å²) in [6, 6.07) is 14.4. The molecule has 4 nitrogen and oxygen atoms in total. The fourth-order valence-corrected chi connectivity index (χ4v) is 3.13. The molecule has 4 rings (SSSR count). The fourth-order valence-electron chi connectivity index (χ4n) is 3.13. The Balaban J connectivity index is 1.45. The summed E-state index contributed by atoms with van der Waals surface area (Å²) >= 11 is 0. The Bertz CT molecular complexity index is 720. The minimum atomic E-state index is 0.0154. The van der Waals surface area contributed by atoms with E-state index in [2.05, 4.69) is 34.1 Å². The fraction of sp³-hybridized carbons (Fsp3) is 0.316. The summed E-state index contributed by atoms with van der Waals surface area (Å²) in [6.07, 6.45) is 1.08. The minimum absolute atomic E-state index is 0.0154. The molecule has 2 aliphatic rings. The summed E-state index contributed by atoms with van der Waals surface area (Å²) in [5.41, 5.74) is 5.71. The summed E-state index contributed by atoms with van der Waals surface area (Å²) in [5.74, 6) is 0.597. The maximum Gasteiger partial charge on any atom is 0.251 e. The van der Waals surface area contributed by atoms with Crippen LogP contribution in [0.3, 0.4) is 0 Å². The van der Waals surface area contributed by atoms with Gasteiger partial charge in [0.05, 0.1) is 0 Å². The highest BCUT2D eigenvalue weighted by molar-refractivity contribution is 5.94. The van der Waals surface area contributed by atoms with Gasteiger partial charge in [-0.25, -0.2) is 0 Å². The van der Waals surface area contributed by atoms with E-state index in [4.69, 9.17) is 0 Å². The van der Waals surface area contributed by atoms with Gasteiger partial charge in [-0.2, -0.15) is 0 Å². The Labute approximate surface area is 136 Å². The second-order valence-electron chi connectivity index (χ2n) is 6.36. The van der Waals surface area contributed by atoms with Crippen LogP contribution in [0.5, 0.6) is 0 Å². The van der Waals surface area contributed by atoms with E-state index in [0.29, 0.717) is 5.92 Å². The van der Waals surface area contributed by atoms with Crippen LogP contribution in [0.15, 0.2) is 42.5 Å². The van der Waals surface area contributed by atoms with Crippen molar-refractivity contribution in [3.63, 3.8) is 0 Å². The quantitative estimate of drug-likeness (QED) is 0.812. The van der Waals surface area contributed by atoms with Crippen LogP contribution < -0.4 is 16.0 Å². The molecule has 0 spiro atoms. The molecule has 0 aliphatic carbocycles. The maximum atomic E-state index is 12.2.